The molecule has 2 rings (SSSR count). The highest BCUT2D eigenvalue weighted by Crippen LogP contribution is 2.22. The van der Waals surface area contributed by atoms with E-state index in [1.807, 2.05) is 12.2 Å². The number of hydrogen-bond donors (Lipinski definition) is 0. The zero-order valence-corrected chi connectivity index (χ0v) is 12.1. The Morgan fingerprint density at radius 3 is 2.74 bits per heavy atom. The second-order valence-corrected chi connectivity index (χ2v) is 5.71. The molecule has 2 amide bonds. The zero-order valence-electron chi connectivity index (χ0n) is 11.2. The Balaban J connectivity index is 1.83. The Morgan fingerprint density at radius 1 is 1.37 bits per heavy atom. The van der Waals surface area contributed by atoms with Crippen molar-refractivity contribution in [2.75, 3.05) is 25.9 Å². The van der Waals surface area contributed by atoms with Crippen molar-refractivity contribution < 1.29 is 9.59 Å². The van der Waals surface area contributed by atoms with Gasteiger partial charge < -0.3 is 0 Å². The molecular weight excluding hydrogens is 260 g/mol. The van der Waals surface area contributed by atoms with Gasteiger partial charge in [0.2, 0.25) is 0 Å². The van der Waals surface area contributed by atoms with E-state index in [1.165, 1.54) is 11.0 Å². The zero-order chi connectivity index (χ0) is 13.7. The number of nitrogens with zero attached hydrogens (tertiary/aromatic N) is 2. The number of imide groups is 1. The Bertz CT molecular complexity index is 398. The van der Waals surface area contributed by atoms with Gasteiger partial charge in [-0.25, -0.2) is 0 Å². The van der Waals surface area contributed by atoms with E-state index < -0.39 is 0 Å². The van der Waals surface area contributed by atoms with Gasteiger partial charge >= 0.3 is 0 Å². The van der Waals surface area contributed by atoms with Crippen molar-refractivity contribution in [1.29, 1.82) is 0 Å². The third-order valence-corrected chi connectivity index (χ3v) is 4.46. The summed E-state index contributed by atoms with van der Waals surface area (Å²) in [7, 11) is 0. The van der Waals surface area contributed by atoms with E-state index in [0.29, 0.717) is 12.5 Å². The van der Waals surface area contributed by atoms with Gasteiger partial charge in [0, 0.05) is 19.6 Å². The Kier molecular flexibility index (Phi) is 5.22. The Hall–Kier alpha value is -1.07. The lowest BCUT2D eigenvalue weighted by Gasteiger charge is -2.28. The largest absolute Gasteiger partial charge is 0.275 e. The molecule has 104 valence electrons. The van der Waals surface area contributed by atoms with Gasteiger partial charge in [0.05, 0.1) is 0 Å². The van der Waals surface area contributed by atoms with Crippen LogP contribution in [0.3, 0.4) is 0 Å². The summed E-state index contributed by atoms with van der Waals surface area (Å²) in [6, 6.07) is 0. The van der Waals surface area contributed by atoms with Crippen LogP contribution in [0, 0.1) is 5.92 Å². The maximum Gasteiger partial charge on any atom is 0.253 e. The average Bonchev–Trinajstić information content (AvgIpc) is 2.46. The lowest BCUT2D eigenvalue weighted by Crippen LogP contribution is -2.37. The van der Waals surface area contributed by atoms with Gasteiger partial charge in [0.25, 0.3) is 11.8 Å². The first-order chi connectivity index (χ1) is 9.20. The van der Waals surface area contributed by atoms with E-state index in [0.717, 1.165) is 32.4 Å². The first kappa shape index (κ1) is 14.3. The van der Waals surface area contributed by atoms with E-state index in [2.05, 4.69) is 10.6 Å². The molecule has 0 aromatic heterocycles. The fourth-order valence-electron chi connectivity index (χ4n) is 2.37. The molecule has 0 aliphatic carbocycles. The number of amides is 2. The van der Waals surface area contributed by atoms with Crippen LogP contribution in [0.4, 0.5) is 0 Å². The number of carbonyl (C=O) groups excluding carboxylic acids is 2. The van der Waals surface area contributed by atoms with Crippen LogP contribution >= 0.6 is 11.9 Å². The van der Waals surface area contributed by atoms with Crippen LogP contribution in [-0.4, -0.2) is 46.9 Å². The van der Waals surface area contributed by atoms with Crippen LogP contribution in [0.1, 0.15) is 19.3 Å². The van der Waals surface area contributed by atoms with E-state index in [1.54, 1.807) is 18.0 Å². The van der Waals surface area contributed by atoms with E-state index in [-0.39, 0.29) is 11.8 Å². The monoisotopic (exact) mass is 280 g/mol. The van der Waals surface area contributed by atoms with Crippen LogP contribution < -0.4 is 0 Å². The van der Waals surface area contributed by atoms with Crippen molar-refractivity contribution in [1.82, 2.24) is 9.21 Å². The van der Waals surface area contributed by atoms with Crippen LogP contribution in [0.2, 0.25) is 0 Å². The summed E-state index contributed by atoms with van der Waals surface area (Å²) in [4.78, 5) is 24.8. The number of carbonyl (C=O) groups is 2. The number of allylic oxidation sites excluding steroid dienone is 1. The highest BCUT2D eigenvalue weighted by atomic mass is 32.2. The summed E-state index contributed by atoms with van der Waals surface area (Å²) in [6.45, 7) is 2.63. The average molecular weight is 280 g/mol. The van der Waals surface area contributed by atoms with Crippen LogP contribution in [-0.2, 0) is 9.59 Å². The maximum absolute atomic E-state index is 11.9. The number of piperidine rings is 1. The molecule has 2 heterocycles. The van der Waals surface area contributed by atoms with Crippen molar-refractivity contribution in [2.24, 2.45) is 5.92 Å². The predicted molar refractivity (Wildman–Crippen MR) is 77.4 cm³/mol. The molecule has 5 heteroatoms. The smallest absolute Gasteiger partial charge is 0.253 e. The van der Waals surface area contributed by atoms with Crippen molar-refractivity contribution >= 4 is 23.8 Å². The predicted octanol–water partition coefficient (Wildman–Crippen LogP) is 1.85. The molecule has 1 saturated heterocycles. The molecule has 0 bridgehead atoms. The minimum Gasteiger partial charge on any atom is -0.275 e. The first-order valence-corrected chi connectivity index (χ1v) is 7.88. The van der Waals surface area contributed by atoms with E-state index in [9.17, 15) is 9.59 Å². The molecule has 0 spiro atoms. The second kappa shape index (κ2) is 6.91. The van der Waals surface area contributed by atoms with Gasteiger partial charge in [-0.1, -0.05) is 24.1 Å². The quantitative estimate of drug-likeness (QED) is 0.584. The van der Waals surface area contributed by atoms with Crippen molar-refractivity contribution in [3.05, 3.63) is 24.3 Å². The summed E-state index contributed by atoms with van der Waals surface area (Å²) in [5.74, 6) is 0.0857. The SMILES string of the molecule is CSN1CCC(/C=C/C(=O)N2CCC=CC2=O)CC1. The molecule has 2 aliphatic heterocycles. The summed E-state index contributed by atoms with van der Waals surface area (Å²) in [6.07, 6.45) is 11.9. The minimum absolute atomic E-state index is 0.179. The molecule has 19 heavy (non-hydrogen) atoms. The van der Waals surface area contributed by atoms with Gasteiger partial charge in [-0.3, -0.25) is 18.8 Å². The normalized spacial score (nSPS) is 22.4. The summed E-state index contributed by atoms with van der Waals surface area (Å²) in [5, 5.41) is 0. The molecule has 0 saturated carbocycles. The number of rotatable bonds is 3. The summed E-state index contributed by atoms with van der Waals surface area (Å²) in [5.41, 5.74) is 0. The van der Waals surface area contributed by atoms with Crippen molar-refractivity contribution in [3.8, 4) is 0 Å². The second-order valence-electron chi connectivity index (χ2n) is 4.83. The molecule has 2 aliphatic rings. The Morgan fingerprint density at radius 2 is 2.11 bits per heavy atom. The third-order valence-electron chi connectivity index (χ3n) is 3.58. The summed E-state index contributed by atoms with van der Waals surface area (Å²) >= 11 is 1.78. The molecule has 4 nitrogen and oxygen atoms in total. The van der Waals surface area contributed by atoms with Crippen molar-refractivity contribution in [3.63, 3.8) is 0 Å². The highest BCUT2D eigenvalue weighted by Gasteiger charge is 2.20. The lowest BCUT2D eigenvalue weighted by molar-refractivity contribution is -0.139. The van der Waals surface area contributed by atoms with Gasteiger partial charge in [-0.15, -0.1) is 0 Å². The number of hydrogen-bond acceptors (Lipinski definition) is 4. The van der Waals surface area contributed by atoms with Crippen LogP contribution in [0.15, 0.2) is 24.3 Å². The molecule has 1 fully saturated rings. The maximum atomic E-state index is 11.9. The fourth-order valence-corrected chi connectivity index (χ4v) is 2.94. The van der Waals surface area contributed by atoms with Gasteiger partial charge in [-0.05, 0) is 43.6 Å². The third kappa shape index (κ3) is 3.94. The highest BCUT2D eigenvalue weighted by molar-refractivity contribution is 7.96. The van der Waals surface area contributed by atoms with Crippen LogP contribution in [0.5, 0.6) is 0 Å². The first-order valence-electron chi connectivity index (χ1n) is 6.70. The molecule has 0 N–H and O–H groups in total. The van der Waals surface area contributed by atoms with Gasteiger partial charge in [-0.2, -0.15) is 0 Å². The molecule has 0 atom stereocenters. The van der Waals surface area contributed by atoms with Crippen molar-refractivity contribution in [2.45, 2.75) is 19.3 Å². The fraction of sp³-hybridized carbons (Fsp3) is 0.571. The van der Waals surface area contributed by atoms with E-state index in [4.69, 9.17) is 0 Å². The molecular formula is C14H20N2O2S. The topological polar surface area (TPSA) is 40.6 Å². The van der Waals surface area contributed by atoms with Gasteiger partial charge in [0.1, 0.15) is 0 Å². The molecule has 0 unspecified atom stereocenters. The summed E-state index contributed by atoms with van der Waals surface area (Å²) < 4.78 is 2.34. The van der Waals surface area contributed by atoms with E-state index >= 15 is 0 Å². The standard InChI is InChI=1S/C14H20N2O2S/c1-19-15-10-7-12(8-11-15)5-6-14(18)16-9-3-2-4-13(16)17/h2,4-6,12H,3,7-11H2,1H3/b6-5+. The lowest BCUT2D eigenvalue weighted by atomic mass is 9.97. The molecule has 0 aromatic rings. The minimum atomic E-state index is -0.196. The Labute approximate surface area is 118 Å². The molecule has 0 aromatic carbocycles. The molecule has 0 radical (unpaired) electrons. The van der Waals surface area contributed by atoms with Gasteiger partial charge in [0.15, 0.2) is 0 Å². The van der Waals surface area contributed by atoms with Crippen LogP contribution in [0.25, 0.3) is 0 Å².